The van der Waals surface area contributed by atoms with Gasteiger partial charge in [0.2, 0.25) is 0 Å². The van der Waals surface area contributed by atoms with E-state index in [1.54, 1.807) is 0 Å². The summed E-state index contributed by atoms with van der Waals surface area (Å²) in [6.45, 7) is 0. The van der Waals surface area contributed by atoms with Crippen LogP contribution in [0.1, 0.15) is 86.5 Å². The second kappa shape index (κ2) is 11.5. The normalized spacial score (nSPS) is 18.7. The Labute approximate surface area is 206 Å². The molecular weight excluding hydrogens is 408 g/mol. The fourth-order valence-corrected chi connectivity index (χ4v) is 6.01. The van der Waals surface area contributed by atoms with Crippen molar-refractivity contribution in [2.75, 3.05) is 0 Å². The van der Waals surface area contributed by atoms with Gasteiger partial charge in [-0.25, -0.2) is 0 Å². The Morgan fingerprint density at radius 2 is 0.794 bits per heavy atom. The van der Waals surface area contributed by atoms with Gasteiger partial charge in [0.15, 0.2) is 0 Å². The minimum Gasteiger partial charge on any atom is -0.0622 e. The second-order valence-electron chi connectivity index (χ2n) is 10.3. The molecule has 0 heteroatoms. The van der Waals surface area contributed by atoms with E-state index in [0.717, 1.165) is 0 Å². The summed E-state index contributed by atoms with van der Waals surface area (Å²) in [6.07, 6.45) is 18.4. The Kier molecular flexibility index (Phi) is 7.76. The second-order valence-corrected chi connectivity index (χ2v) is 10.3. The first kappa shape index (κ1) is 22.9. The van der Waals surface area contributed by atoms with Gasteiger partial charge in [-0.2, -0.15) is 0 Å². The van der Waals surface area contributed by atoms with E-state index in [-0.39, 0.29) is 0 Å². The summed E-state index contributed by atoms with van der Waals surface area (Å²) in [5.41, 5.74) is 8.47. The third-order valence-electron chi connectivity index (χ3n) is 7.89. The lowest BCUT2D eigenvalue weighted by Gasteiger charge is -2.25. The van der Waals surface area contributed by atoms with E-state index >= 15 is 0 Å². The van der Waals surface area contributed by atoms with E-state index in [1.165, 1.54) is 97.6 Å². The molecule has 0 aliphatic heterocycles. The molecule has 0 atom stereocenters. The van der Waals surface area contributed by atoms with Crippen LogP contribution in [0.2, 0.25) is 0 Å². The van der Waals surface area contributed by atoms with Gasteiger partial charge in [0.25, 0.3) is 0 Å². The molecule has 5 rings (SSSR count). The van der Waals surface area contributed by atoms with Crippen LogP contribution in [0.25, 0.3) is 23.3 Å². The van der Waals surface area contributed by atoms with Gasteiger partial charge < -0.3 is 0 Å². The van der Waals surface area contributed by atoms with Gasteiger partial charge in [-0.3, -0.25) is 0 Å². The number of hydrogen-bond acceptors (Lipinski definition) is 0. The molecule has 2 fully saturated rings. The molecule has 174 valence electrons. The van der Waals surface area contributed by atoms with E-state index < -0.39 is 0 Å². The lowest BCUT2D eigenvalue weighted by Crippen LogP contribution is -2.08. The maximum atomic E-state index is 2.46. The van der Waals surface area contributed by atoms with Crippen LogP contribution in [0.15, 0.2) is 84.9 Å². The van der Waals surface area contributed by atoms with Gasteiger partial charge in [-0.05, 0) is 70.9 Å². The van der Waals surface area contributed by atoms with Crippen molar-refractivity contribution in [3.63, 3.8) is 0 Å². The molecule has 3 aromatic rings. The summed E-state index contributed by atoms with van der Waals surface area (Å²) in [5, 5.41) is 0. The molecule has 2 saturated carbocycles. The lowest BCUT2D eigenvalue weighted by atomic mass is 9.80. The minimum absolute atomic E-state index is 0.687. The SMILES string of the molecule is C(=C(c1ccccc1)C1CCCCC1)c1ccc(C=C(c2ccccc2)C2CCCCC2)cc1. The number of rotatable bonds is 6. The Morgan fingerprint density at radius 3 is 1.15 bits per heavy atom. The molecular formula is C34H38. The molecule has 0 heterocycles. The summed E-state index contributed by atoms with van der Waals surface area (Å²) in [5.74, 6) is 1.37. The third kappa shape index (κ3) is 5.79. The molecule has 0 N–H and O–H groups in total. The highest BCUT2D eigenvalue weighted by atomic mass is 14.2. The standard InChI is InChI=1S/C34H38/c1-5-13-29(14-6-1)33(30-15-7-2-8-16-30)25-27-21-23-28(24-22-27)26-34(31-17-9-3-10-18-31)32-19-11-4-12-20-32/h1,3,5-6,9-10,13-14,17-18,21-26,30,32H,2,4,7-8,11-12,15-16,19-20H2. The van der Waals surface area contributed by atoms with Crippen LogP contribution in [0.4, 0.5) is 0 Å². The molecule has 0 saturated heterocycles. The van der Waals surface area contributed by atoms with Crippen molar-refractivity contribution in [1.29, 1.82) is 0 Å². The maximum absolute atomic E-state index is 2.46. The zero-order valence-electron chi connectivity index (χ0n) is 20.5. The molecule has 0 aromatic heterocycles. The summed E-state index contributed by atoms with van der Waals surface area (Å²) in [7, 11) is 0. The minimum atomic E-state index is 0.687. The van der Waals surface area contributed by atoms with Crippen molar-refractivity contribution in [3.8, 4) is 0 Å². The van der Waals surface area contributed by atoms with Crippen LogP contribution in [-0.4, -0.2) is 0 Å². The summed E-state index contributed by atoms with van der Waals surface area (Å²) in [4.78, 5) is 0. The Balaban J connectivity index is 1.44. The molecule has 0 spiro atoms. The number of allylic oxidation sites excluding steroid dienone is 2. The van der Waals surface area contributed by atoms with E-state index in [9.17, 15) is 0 Å². The van der Waals surface area contributed by atoms with Gasteiger partial charge >= 0.3 is 0 Å². The summed E-state index contributed by atoms with van der Waals surface area (Å²) < 4.78 is 0. The average Bonchev–Trinajstić information content (AvgIpc) is 2.93. The molecule has 3 aromatic carbocycles. The third-order valence-corrected chi connectivity index (χ3v) is 7.89. The molecule has 0 radical (unpaired) electrons. The van der Waals surface area contributed by atoms with Crippen LogP contribution in [0.3, 0.4) is 0 Å². The van der Waals surface area contributed by atoms with E-state index in [2.05, 4.69) is 97.1 Å². The maximum Gasteiger partial charge on any atom is -0.0156 e. The fraction of sp³-hybridized carbons (Fsp3) is 0.353. The first-order valence-corrected chi connectivity index (χ1v) is 13.5. The van der Waals surface area contributed by atoms with Crippen molar-refractivity contribution < 1.29 is 0 Å². The van der Waals surface area contributed by atoms with Gasteiger partial charge in [0.1, 0.15) is 0 Å². The Bertz CT molecular complexity index is 983. The van der Waals surface area contributed by atoms with Crippen LogP contribution in [0.5, 0.6) is 0 Å². The van der Waals surface area contributed by atoms with Crippen LogP contribution < -0.4 is 0 Å². The van der Waals surface area contributed by atoms with E-state index in [4.69, 9.17) is 0 Å². The van der Waals surface area contributed by atoms with Gasteiger partial charge in [0, 0.05) is 0 Å². The van der Waals surface area contributed by atoms with Crippen LogP contribution >= 0.6 is 0 Å². The van der Waals surface area contributed by atoms with Crippen molar-refractivity contribution in [1.82, 2.24) is 0 Å². The van der Waals surface area contributed by atoms with E-state index in [1.807, 2.05) is 0 Å². The van der Waals surface area contributed by atoms with Gasteiger partial charge in [0.05, 0.1) is 0 Å². The summed E-state index contributed by atoms with van der Waals surface area (Å²) in [6, 6.07) is 31.4. The first-order valence-electron chi connectivity index (χ1n) is 13.5. The predicted molar refractivity (Wildman–Crippen MR) is 148 cm³/mol. The Morgan fingerprint density at radius 1 is 0.441 bits per heavy atom. The Hall–Kier alpha value is -2.86. The molecule has 0 nitrogen and oxygen atoms in total. The highest BCUT2D eigenvalue weighted by molar-refractivity contribution is 5.85. The molecule has 34 heavy (non-hydrogen) atoms. The predicted octanol–water partition coefficient (Wildman–Crippen LogP) is 9.93. The van der Waals surface area contributed by atoms with Gasteiger partial charge in [-0.1, -0.05) is 136 Å². The molecule has 2 aliphatic rings. The molecule has 0 bridgehead atoms. The topological polar surface area (TPSA) is 0 Å². The zero-order chi connectivity index (χ0) is 23.0. The highest BCUT2D eigenvalue weighted by Gasteiger charge is 2.20. The van der Waals surface area contributed by atoms with Crippen LogP contribution in [0, 0.1) is 11.8 Å². The van der Waals surface area contributed by atoms with Crippen molar-refractivity contribution in [3.05, 3.63) is 107 Å². The van der Waals surface area contributed by atoms with Gasteiger partial charge in [-0.15, -0.1) is 0 Å². The monoisotopic (exact) mass is 446 g/mol. The van der Waals surface area contributed by atoms with Crippen LogP contribution in [-0.2, 0) is 0 Å². The smallest absolute Gasteiger partial charge is 0.0156 e. The highest BCUT2D eigenvalue weighted by Crippen LogP contribution is 2.38. The molecule has 2 aliphatic carbocycles. The zero-order valence-corrected chi connectivity index (χ0v) is 20.5. The van der Waals surface area contributed by atoms with Crippen molar-refractivity contribution in [2.24, 2.45) is 11.8 Å². The molecule has 0 unspecified atom stereocenters. The average molecular weight is 447 g/mol. The quantitative estimate of drug-likeness (QED) is 0.330. The van der Waals surface area contributed by atoms with E-state index in [0.29, 0.717) is 11.8 Å². The molecule has 0 amide bonds. The van der Waals surface area contributed by atoms with Crippen molar-refractivity contribution in [2.45, 2.75) is 64.2 Å². The largest absolute Gasteiger partial charge is 0.0622 e. The number of benzene rings is 3. The first-order chi connectivity index (χ1) is 16.9. The number of hydrogen-bond donors (Lipinski definition) is 0. The van der Waals surface area contributed by atoms with Crippen molar-refractivity contribution >= 4 is 23.3 Å². The fourth-order valence-electron chi connectivity index (χ4n) is 6.01. The summed E-state index contributed by atoms with van der Waals surface area (Å²) >= 11 is 0. The lowest BCUT2D eigenvalue weighted by molar-refractivity contribution is 0.430.